The van der Waals surface area contributed by atoms with Gasteiger partial charge in [-0.25, -0.2) is 0 Å². The van der Waals surface area contributed by atoms with Crippen molar-refractivity contribution in [2.75, 3.05) is 6.54 Å². The molecule has 18 heavy (non-hydrogen) atoms. The molecule has 1 aliphatic rings. The molecule has 0 aromatic heterocycles. The van der Waals surface area contributed by atoms with Crippen molar-refractivity contribution >= 4 is 0 Å². The monoisotopic (exact) mass is 247 g/mol. The fourth-order valence-electron chi connectivity index (χ4n) is 2.87. The van der Waals surface area contributed by atoms with E-state index in [1.54, 1.807) is 0 Å². The summed E-state index contributed by atoms with van der Waals surface area (Å²) in [7, 11) is 0. The quantitative estimate of drug-likeness (QED) is 0.868. The highest BCUT2D eigenvalue weighted by molar-refractivity contribution is 5.22. The minimum atomic E-state index is 0.429. The van der Waals surface area contributed by atoms with E-state index in [4.69, 9.17) is 10.5 Å². The molecule has 2 N–H and O–H groups in total. The maximum atomic E-state index is 5.92. The van der Waals surface area contributed by atoms with Gasteiger partial charge in [0.05, 0.1) is 12.2 Å². The Morgan fingerprint density at radius 3 is 2.83 bits per heavy atom. The van der Waals surface area contributed by atoms with Crippen molar-refractivity contribution in [3.63, 3.8) is 0 Å². The van der Waals surface area contributed by atoms with Crippen molar-refractivity contribution < 1.29 is 4.74 Å². The number of hydrogen-bond donors (Lipinski definition) is 1. The molecule has 1 aliphatic heterocycles. The minimum Gasteiger partial charge on any atom is -0.375 e. The molecule has 3 unspecified atom stereocenters. The van der Waals surface area contributed by atoms with E-state index in [1.807, 2.05) is 0 Å². The highest BCUT2D eigenvalue weighted by Gasteiger charge is 2.24. The Kier molecular flexibility index (Phi) is 4.79. The van der Waals surface area contributed by atoms with Crippen LogP contribution in [-0.4, -0.2) is 18.8 Å². The number of hydrogen-bond acceptors (Lipinski definition) is 2. The molecule has 0 radical (unpaired) electrons. The Morgan fingerprint density at radius 1 is 1.39 bits per heavy atom. The van der Waals surface area contributed by atoms with Crippen LogP contribution in [0.4, 0.5) is 0 Å². The molecule has 0 aliphatic carbocycles. The van der Waals surface area contributed by atoms with E-state index in [-0.39, 0.29) is 0 Å². The molecule has 1 heterocycles. The highest BCUT2D eigenvalue weighted by Crippen LogP contribution is 2.25. The van der Waals surface area contributed by atoms with E-state index in [9.17, 15) is 0 Å². The minimum absolute atomic E-state index is 0.429. The van der Waals surface area contributed by atoms with Gasteiger partial charge in [-0.3, -0.25) is 0 Å². The van der Waals surface area contributed by atoms with E-state index in [1.165, 1.54) is 24.0 Å². The topological polar surface area (TPSA) is 35.2 Å². The van der Waals surface area contributed by atoms with Crippen molar-refractivity contribution in [1.82, 2.24) is 0 Å². The lowest BCUT2D eigenvalue weighted by Crippen LogP contribution is -2.23. The first kappa shape index (κ1) is 13.6. The van der Waals surface area contributed by atoms with E-state index < -0.39 is 0 Å². The molecule has 2 rings (SSSR count). The van der Waals surface area contributed by atoms with Gasteiger partial charge in [-0.1, -0.05) is 29.8 Å². The van der Waals surface area contributed by atoms with Gasteiger partial charge < -0.3 is 10.5 Å². The largest absolute Gasteiger partial charge is 0.375 e. The molecule has 0 saturated carbocycles. The molecule has 3 atom stereocenters. The molecule has 0 amide bonds. The molecule has 100 valence electrons. The van der Waals surface area contributed by atoms with Crippen molar-refractivity contribution in [2.45, 2.75) is 51.7 Å². The number of ether oxygens (including phenoxy) is 1. The van der Waals surface area contributed by atoms with Gasteiger partial charge in [0, 0.05) is 0 Å². The van der Waals surface area contributed by atoms with E-state index in [2.05, 4.69) is 38.1 Å². The summed E-state index contributed by atoms with van der Waals surface area (Å²) in [6.45, 7) is 5.06. The lowest BCUT2D eigenvalue weighted by atomic mass is 9.92. The Bertz CT molecular complexity index is 377. The van der Waals surface area contributed by atoms with Crippen LogP contribution in [0.2, 0.25) is 0 Å². The van der Waals surface area contributed by atoms with Crippen molar-refractivity contribution in [3.05, 3.63) is 35.4 Å². The van der Waals surface area contributed by atoms with Crippen LogP contribution in [0.3, 0.4) is 0 Å². The zero-order valence-corrected chi connectivity index (χ0v) is 11.6. The summed E-state index contributed by atoms with van der Waals surface area (Å²) in [5.41, 5.74) is 8.64. The zero-order valence-electron chi connectivity index (χ0n) is 11.6. The lowest BCUT2D eigenvalue weighted by molar-refractivity contribution is 0.0415. The fraction of sp³-hybridized carbons (Fsp3) is 0.625. The van der Waals surface area contributed by atoms with Gasteiger partial charge >= 0.3 is 0 Å². The van der Waals surface area contributed by atoms with Gasteiger partial charge in [-0.2, -0.15) is 0 Å². The Balaban J connectivity index is 1.89. The molecule has 2 nitrogen and oxygen atoms in total. The number of benzene rings is 1. The maximum absolute atomic E-state index is 5.92. The van der Waals surface area contributed by atoms with Crippen LogP contribution in [0.1, 0.15) is 37.3 Å². The van der Waals surface area contributed by atoms with Gasteiger partial charge in [0.15, 0.2) is 0 Å². The first-order valence-corrected chi connectivity index (χ1v) is 7.08. The molecule has 1 fully saturated rings. The van der Waals surface area contributed by atoms with Crippen LogP contribution in [0.25, 0.3) is 0 Å². The van der Waals surface area contributed by atoms with Crippen LogP contribution in [-0.2, 0) is 11.2 Å². The Labute approximate surface area is 111 Å². The Hall–Kier alpha value is -0.860. The summed E-state index contributed by atoms with van der Waals surface area (Å²) in [6, 6.07) is 8.74. The number of aryl methyl sites for hydroxylation is 1. The first-order valence-electron chi connectivity index (χ1n) is 7.08. The van der Waals surface area contributed by atoms with Crippen LogP contribution < -0.4 is 5.73 Å². The van der Waals surface area contributed by atoms with E-state index >= 15 is 0 Å². The molecular weight excluding hydrogens is 222 g/mol. The SMILES string of the molecule is Cc1cccc(CC(CN)CC2CCC(C)O2)c1. The summed E-state index contributed by atoms with van der Waals surface area (Å²) in [5.74, 6) is 0.544. The standard InChI is InChI=1S/C16H25NO/c1-12-4-3-5-14(8-12)9-15(11-17)10-16-7-6-13(2)18-16/h3-5,8,13,15-16H,6-7,9-11,17H2,1-2H3. The van der Waals surface area contributed by atoms with Crippen LogP contribution in [0.5, 0.6) is 0 Å². The Morgan fingerprint density at radius 2 is 2.22 bits per heavy atom. The molecule has 2 heteroatoms. The normalized spacial score (nSPS) is 25.3. The number of rotatable bonds is 5. The fourth-order valence-corrected chi connectivity index (χ4v) is 2.87. The zero-order chi connectivity index (χ0) is 13.0. The second kappa shape index (κ2) is 6.35. The van der Waals surface area contributed by atoms with Gasteiger partial charge in [0.25, 0.3) is 0 Å². The third kappa shape index (κ3) is 3.82. The smallest absolute Gasteiger partial charge is 0.0583 e. The van der Waals surface area contributed by atoms with Crippen molar-refractivity contribution in [2.24, 2.45) is 11.7 Å². The van der Waals surface area contributed by atoms with Gasteiger partial charge in [0.1, 0.15) is 0 Å². The molecule has 1 aromatic carbocycles. The highest BCUT2D eigenvalue weighted by atomic mass is 16.5. The summed E-state index contributed by atoms with van der Waals surface area (Å²) in [6.07, 6.45) is 5.45. The van der Waals surface area contributed by atoms with Crippen molar-refractivity contribution in [3.8, 4) is 0 Å². The molecular formula is C16H25NO. The second-order valence-electron chi connectivity index (χ2n) is 5.68. The summed E-state index contributed by atoms with van der Waals surface area (Å²) >= 11 is 0. The molecule has 1 saturated heterocycles. The first-order chi connectivity index (χ1) is 8.67. The van der Waals surface area contributed by atoms with Gasteiger partial charge in [0.2, 0.25) is 0 Å². The number of nitrogens with two attached hydrogens (primary N) is 1. The third-order valence-corrected chi connectivity index (χ3v) is 3.86. The average Bonchev–Trinajstić information content (AvgIpc) is 2.74. The second-order valence-corrected chi connectivity index (χ2v) is 5.68. The van der Waals surface area contributed by atoms with Crippen LogP contribution in [0.15, 0.2) is 24.3 Å². The van der Waals surface area contributed by atoms with Crippen molar-refractivity contribution in [1.29, 1.82) is 0 Å². The van der Waals surface area contributed by atoms with Crippen LogP contribution >= 0.6 is 0 Å². The van der Waals surface area contributed by atoms with Crippen LogP contribution in [0, 0.1) is 12.8 Å². The lowest BCUT2D eigenvalue weighted by Gasteiger charge is -2.19. The van der Waals surface area contributed by atoms with Gasteiger partial charge in [-0.05, 0) is 57.6 Å². The maximum Gasteiger partial charge on any atom is 0.0583 e. The average molecular weight is 247 g/mol. The molecule has 1 aromatic rings. The van der Waals surface area contributed by atoms with E-state index in [0.29, 0.717) is 18.1 Å². The molecule has 0 bridgehead atoms. The van der Waals surface area contributed by atoms with E-state index in [0.717, 1.165) is 19.4 Å². The predicted molar refractivity (Wildman–Crippen MR) is 75.6 cm³/mol. The summed E-state index contributed by atoms with van der Waals surface area (Å²) < 4.78 is 5.90. The molecule has 0 spiro atoms. The third-order valence-electron chi connectivity index (χ3n) is 3.86. The van der Waals surface area contributed by atoms with Gasteiger partial charge in [-0.15, -0.1) is 0 Å². The summed E-state index contributed by atoms with van der Waals surface area (Å²) in [4.78, 5) is 0. The summed E-state index contributed by atoms with van der Waals surface area (Å²) in [5, 5.41) is 0. The predicted octanol–water partition coefficient (Wildman–Crippen LogP) is 3.07.